The molecule has 8 nitrogen and oxygen atoms in total. The van der Waals surface area contributed by atoms with E-state index in [1.54, 1.807) is 6.20 Å². The number of carbonyl (C=O) groups excluding carboxylic acids is 1. The van der Waals surface area contributed by atoms with Crippen molar-refractivity contribution in [2.75, 3.05) is 57.9 Å². The lowest BCUT2D eigenvalue weighted by Gasteiger charge is -2.38. The van der Waals surface area contributed by atoms with Crippen LogP contribution in [0.25, 0.3) is 0 Å². The molecule has 0 bridgehead atoms. The van der Waals surface area contributed by atoms with Gasteiger partial charge in [0.2, 0.25) is 11.7 Å². The van der Waals surface area contributed by atoms with Crippen molar-refractivity contribution in [1.82, 2.24) is 24.8 Å². The van der Waals surface area contributed by atoms with Gasteiger partial charge in [0.15, 0.2) is 0 Å². The van der Waals surface area contributed by atoms with Crippen LogP contribution in [0, 0.1) is 17.2 Å². The number of piperazine rings is 1. The number of hydrogen-bond acceptors (Lipinski definition) is 7. The minimum absolute atomic E-state index is 0.0294. The van der Waals surface area contributed by atoms with Gasteiger partial charge >= 0.3 is 0 Å². The van der Waals surface area contributed by atoms with Crippen molar-refractivity contribution in [2.45, 2.75) is 26.7 Å². The number of likely N-dealkylation sites (N-methyl/N-ethyl adjacent to an activating group) is 1. The van der Waals surface area contributed by atoms with E-state index in [-0.39, 0.29) is 11.7 Å². The van der Waals surface area contributed by atoms with E-state index in [1.807, 2.05) is 54.3 Å². The standard InChI is InChI=1S/C25H36BN7O/c1-20(2)19-33(25-22(26)18-28-23(17-27)29-25)32(24(34)16-21-8-5-4-6-9-21)11-7-10-31-14-12-30(3)13-15-31/h4-6,8-9,18,20H,7,10-16,19,26H2,1-3H3. The van der Waals surface area contributed by atoms with E-state index in [9.17, 15) is 10.1 Å². The molecule has 0 aliphatic carbocycles. The van der Waals surface area contributed by atoms with Crippen LogP contribution >= 0.6 is 0 Å². The summed E-state index contributed by atoms with van der Waals surface area (Å²) in [5.41, 5.74) is 1.83. The molecule has 0 saturated carbocycles. The Hall–Kier alpha value is -2.96. The highest BCUT2D eigenvalue weighted by Gasteiger charge is 2.26. The molecule has 1 saturated heterocycles. The molecular weight excluding hydrogens is 425 g/mol. The molecule has 9 heteroatoms. The summed E-state index contributed by atoms with van der Waals surface area (Å²) in [6.07, 6.45) is 2.85. The highest BCUT2D eigenvalue weighted by Crippen LogP contribution is 2.17. The van der Waals surface area contributed by atoms with Crippen LogP contribution < -0.4 is 10.5 Å². The van der Waals surface area contributed by atoms with Crippen molar-refractivity contribution >= 4 is 25.0 Å². The van der Waals surface area contributed by atoms with E-state index < -0.39 is 0 Å². The fraction of sp³-hybridized carbons (Fsp3) is 0.520. The van der Waals surface area contributed by atoms with Gasteiger partial charge < -0.3 is 9.80 Å². The number of rotatable bonds is 10. The predicted molar refractivity (Wildman–Crippen MR) is 138 cm³/mol. The summed E-state index contributed by atoms with van der Waals surface area (Å²) in [5.74, 6) is 1.06. The van der Waals surface area contributed by atoms with Gasteiger partial charge in [-0.15, -0.1) is 0 Å². The molecule has 1 aliphatic rings. The van der Waals surface area contributed by atoms with Crippen molar-refractivity contribution in [3.8, 4) is 6.07 Å². The summed E-state index contributed by atoms with van der Waals surface area (Å²) in [6.45, 7) is 10.7. The number of aromatic nitrogens is 2. The van der Waals surface area contributed by atoms with Crippen LogP contribution in [0.1, 0.15) is 31.7 Å². The maximum absolute atomic E-state index is 13.7. The third-order valence-electron chi connectivity index (χ3n) is 6.05. The van der Waals surface area contributed by atoms with Gasteiger partial charge in [-0.3, -0.25) is 14.8 Å². The molecule has 34 heavy (non-hydrogen) atoms. The van der Waals surface area contributed by atoms with Gasteiger partial charge in [0.25, 0.3) is 0 Å². The Morgan fingerprint density at radius 3 is 2.56 bits per heavy atom. The molecule has 0 unspecified atom stereocenters. The van der Waals surface area contributed by atoms with Gasteiger partial charge in [-0.1, -0.05) is 44.2 Å². The quantitative estimate of drug-likeness (QED) is 0.381. The molecule has 1 aliphatic heterocycles. The van der Waals surface area contributed by atoms with Crippen molar-refractivity contribution in [3.63, 3.8) is 0 Å². The highest BCUT2D eigenvalue weighted by atomic mass is 16.2. The van der Waals surface area contributed by atoms with E-state index in [2.05, 4.69) is 40.7 Å². The fourth-order valence-corrected chi connectivity index (χ4v) is 4.15. The molecule has 3 rings (SSSR count). The van der Waals surface area contributed by atoms with Gasteiger partial charge in [-0.2, -0.15) is 5.26 Å². The van der Waals surface area contributed by atoms with Crippen LogP contribution in [0.2, 0.25) is 0 Å². The third kappa shape index (κ3) is 7.27. The van der Waals surface area contributed by atoms with Gasteiger partial charge in [-0.05, 0) is 30.4 Å². The summed E-state index contributed by atoms with van der Waals surface area (Å²) in [5, 5.41) is 13.2. The molecule has 0 spiro atoms. The second-order valence-corrected chi connectivity index (χ2v) is 9.47. The van der Waals surface area contributed by atoms with E-state index in [1.165, 1.54) is 0 Å². The summed E-state index contributed by atoms with van der Waals surface area (Å²) in [6, 6.07) is 11.9. The number of benzene rings is 1. The first-order valence-electron chi connectivity index (χ1n) is 12.1. The smallest absolute Gasteiger partial charge is 0.245 e. The molecule has 0 atom stereocenters. The monoisotopic (exact) mass is 461 g/mol. The van der Waals surface area contributed by atoms with E-state index in [4.69, 9.17) is 0 Å². The number of nitriles is 1. The molecule has 2 aromatic rings. The van der Waals surface area contributed by atoms with Crippen molar-refractivity contribution < 1.29 is 4.79 Å². The third-order valence-corrected chi connectivity index (χ3v) is 6.05. The maximum atomic E-state index is 13.7. The van der Waals surface area contributed by atoms with Crippen LogP contribution in [0.15, 0.2) is 36.5 Å². The number of hydrazine groups is 1. The molecule has 2 heterocycles. The lowest BCUT2D eigenvalue weighted by atomic mass is 9.98. The highest BCUT2D eigenvalue weighted by molar-refractivity contribution is 6.35. The Kier molecular flexibility index (Phi) is 9.43. The zero-order chi connectivity index (χ0) is 24.5. The van der Waals surface area contributed by atoms with Crippen LogP contribution in [-0.4, -0.2) is 91.4 Å². The lowest BCUT2D eigenvalue weighted by molar-refractivity contribution is -0.131. The maximum Gasteiger partial charge on any atom is 0.245 e. The van der Waals surface area contributed by atoms with Crippen LogP contribution in [0.5, 0.6) is 0 Å². The van der Waals surface area contributed by atoms with Gasteiger partial charge in [0, 0.05) is 52.0 Å². The fourth-order valence-electron chi connectivity index (χ4n) is 4.15. The Morgan fingerprint density at radius 1 is 1.21 bits per heavy atom. The van der Waals surface area contributed by atoms with Gasteiger partial charge in [-0.25, -0.2) is 9.97 Å². The predicted octanol–water partition coefficient (Wildman–Crippen LogP) is 0.693. The zero-order valence-corrected chi connectivity index (χ0v) is 20.9. The largest absolute Gasteiger partial charge is 0.304 e. The molecule has 0 N–H and O–H groups in total. The SMILES string of the molecule is Bc1cnc(C#N)nc1N(CC(C)C)N(CCCN1CCN(C)CC1)C(=O)Cc1ccccc1. The number of carbonyl (C=O) groups is 1. The number of amides is 1. The van der Waals surface area contributed by atoms with E-state index in [0.717, 1.165) is 50.2 Å². The number of anilines is 1. The molecule has 1 fully saturated rings. The molecular formula is C25H36BN7O. The van der Waals surface area contributed by atoms with E-state index in [0.29, 0.717) is 31.2 Å². The van der Waals surface area contributed by atoms with Crippen molar-refractivity contribution in [2.24, 2.45) is 5.92 Å². The summed E-state index contributed by atoms with van der Waals surface area (Å²) in [4.78, 5) is 27.1. The minimum Gasteiger partial charge on any atom is -0.304 e. The number of nitrogens with zero attached hydrogens (tertiary/aromatic N) is 7. The second kappa shape index (κ2) is 12.5. The molecule has 1 aromatic carbocycles. The Bertz CT molecular complexity index is 971. The van der Waals surface area contributed by atoms with E-state index >= 15 is 0 Å². The Labute approximate surface area is 204 Å². The number of hydrogen-bond donors (Lipinski definition) is 0. The summed E-state index contributed by atoms with van der Waals surface area (Å²) < 4.78 is 0. The average molecular weight is 461 g/mol. The first kappa shape index (κ1) is 25.7. The summed E-state index contributed by atoms with van der Waals surface area (Å²) in [7, 11) is 4.08. The molecule has 1 amide bonds. The first-order chi connectivity index (χ1) is 16.4. The molecule has 1 aromatic heterocycles. The summed E-state index contributed by atoms with van der Waals surface area (Å²) >= 11 is 0. The molecule has 180 valence electrons. The van der Waals surface area contributed by atoms with Crippen LogP contribution in [0.4, 0.5) is 5.82 Å². The topological polar surface area (TPSA) is 79.6 Å². The Balaban J connectivity index is 1.85. The van der Waals surface area contributed by atoms with Crippen molar-refractivity contribution in [1.29, 1.82) is 5.26 Å². The normalized spacial score (nSPS) is 14.7. The van der Waals surface area contributed by atoms with Gasteiger partial charge in [0.05, 0.1) is 6.42 Å². The van der Waals surface area contributed by atoms with Gasteiger partial charge in [0.1, 0.15) is 19.7 Å². The zero-order valence-electron chi connectivity index (χ0n) is 20.9. The minimum atomic E-state index is 0.0294. The second-order valence-electron chi connectivity index (χ2n) is 9.47. The van der Waals surface area contributed by atoms with Crippen LogP contribution in [-0.2, 0) is 11.2 Å². The van der Waals surface area contributed by atoms with Crippen molar-refractivity contribution in [3.05, 3.63) is 47.9 Å². The first-order valence-corrected chi connectivity index (χ1v) is 12.1. The average Bonchev–Trinajstić information content (AvgIpc) is 2.82. The van der Waals surface area contributed by atoms with Crippen LogP contribution in [0.3, 0.4) is 0 Å². The Morgan fingerprint density at radius 2 is 1.91 bits per heavy atom. The lowest BCUT2D eigenvalue weighted by Crippen LogP contribution is -2.52. The molecule has 0 radical (unpaired) electrons.